The predicted molar refractivity (Wildman–Crippen MR) is 191 cm³/mol. The number of rotatable bonds is 8. The third-order valence-electron chi connectivity index (χ3n) is 9.35. The normalized spacial score (nSPS) is 25.4. The maximum Gasteiger partial charge on any atom is 0.261 e. The van der Waals surface area contributed by atoms with Crippen molar-refractivity contribution in [2.45, 2.75) is 88.4 Å². The van der Waals surface area contributed by atoms with Gasteiger partial charge in [0.15, 0.2) is 0 Å². The highest BCUT2D eigenvalue weighted by Gasteiger charge is 2.31. The molecule has 2 amide bonds. The van der Waals surface area contributed by atoms with Crippen molar-refractivity contribution in [3.05, 3.63) is 64.7 Å². The Morgan fingerprint density at radius 1 is 1.17 bits per heavy atom. The average Bonchev–Trinajstić information content (AvgIpc) is 3.51. The van der Waals surface area contributed by atoms with Crippen LogP contribution in [-0.4, -0.2) is 75.7 Å². The monoisotopic (exact) mass is 699 g/mol. The molecule has 9 nitrogen and oxygen atoms in total. The van der Waals surface area contributed by atoms with Crippen molar-refractivity contribution in [3.63, 3.8) is 0 Å². The van der Waals surface area contributed by atoms with E-state index in [4.69, 9.17) is 30.5 Å². The molecule has 11 heteroatoms. The number of aryl methyl sites for hydroxylation is 1. The van der Waals surface area contributed by atoms with Gasteiger partial charge in [0, 0.05) is 35.5 Å². The van der Waals surface area contributed by atoms with Crippen LogP contribution in [-0.2, 0) is 30.2 Å². The minimum atomic E-state index is -1.05. The number of carbonyl (C=O) groups excluding carboxylic acids is 2. The molecule has 3 aliphatic rings. The van der Waals surface area contributed by atoms with Crippen LogP contribution in [0.2, 0.25) is 5.02 Å². The van der Waals surface area contributed by atoms with E-state index in [2.05, 4.69) is 47.0 Å². The third-order valence-corrected chi connectivity index (χ3v) is 10.4. The molecular weight excluding hydrogens is 650 g/mol. The van der Waals surface area contributed by atoms with E-state index in [-0.39, 0.29) is 49.0 Å². The number of halogens is 1. The zero-order valence-corrected chi connectivity index (χ0v) is 30.2. The number of fused-ring (bicyclic) bond motifs is 1. The van der Waals surface area contributed by atoms with Crippen molar-refractivity contribution in [1.82, 2.24) is 10.0 Å². The van der Waals surface area contributed by atoms with Crippen LogP contribution in [0.4, 0.5) is 5.69 Å². The summed E-state index contributed by atoms with van der Waals surface area (Å²) in [5, 5.41) is 3.77. The summed E-state index contributed by atoms with van der Waals surface area (Å²) >= 11 is 7.72. The van der Waals surface area contributed by atoms with Crippen LogP contribution < -0.4 is 19.7 Å². The van der Waals surface area contributed by atoms with Gasteiger partial charge in [-0.15, -0.1) is 0 Å². The van der Waals surface area contributed by atoms with E-state index < -0.39 is 5.60 Å². The van der Waals surface area contributed by atoms with Crippen LogP contribution in [0, 0.1) is 5.92 Å². The summed E-state index contributed by atoms with van der Waals surface area (Å²) in [4.78, 5) is 29.3. The molecule has 3 heterocycles. The molecule has 0 radical (unpaired) electrons. The summed E-state index contributed by atoms with van der Waals surface area (Å²) < 4.78 is 27.2. The molecule has 2 aromatic carbocycles. The molecule has 0 spiro atoms. The standard InChI is InChI=1S/C37H50ClN3O6S/c1-5-8-26-19-28(38)10-12-31(26)27-21-41-16-14-25(6-2)33(46-24-35(42)39-29-15-18-44-23-29)9-7-17-47-37(3,4)36(43)40-48-30-11-13-34(45-22-27)32(41)20-30/h7,9-13,19-20,25,27,29,33H,5-6,8,14-18,21-24H2,1-4H3,(H,39,42)(H,40,43)/b9-7+. The molecule has 0 aliphatic carbocycles. The van der Waals surface area contributed by atoms with E-state index in [1.165, 1.54) is 23.1 Å². The van der Waals surface area contributed by atoms with Crippen LogP contribution in [0.3, 0.4) is 0 Å². The number of nitrogens with zero attached hydrogens (tertiary/aromatic N) is 1. The number of carbonyl (C=O) groups is 2. The first-order chi connectivity index (χ1) is 23.2. The van der Waals surface area contributed by atoms with Gasteiger partial charge in [-0.05, 0) is 92.4 Å². The van der Waals surface area contributed by atoms with Crippen molar-refractivity contribution < 1.29 is 28.5 Å². The van der Waals surface area contributed by atoms with Crippen LogP contribution in [0.15, 0.2) is 53.4 Å². The predicted octanol–water partition coefficient (Wildman–Crippen LogP) is 6.47. The van der Waals surface area contributed by atoms with Crippen molar-refractivity contribution in [2.24, 2.45) is 5.92 Å². The molecule has 3 aliphatic heterocycles. The first kappa shape index (κ1) is 36.5. The molecular formula is C37H50ClN3O6S. The molecule has 48 heavy (non-hydrogen) atoms. The molecule has 5 rings (SSSR count). The second-order valence-corrected chi connectivity index (χ2v) is 14.6. The maximum atomic E-state index is 13.2. The van der Waals surface area contributed by atoms with Gasteiger partial charge in [-0.3, -0.25) is 14.3 Å². The molecule has 0 aromatic heterocycles. The fourth-order valence-corrected chi connectivity index (χ4v) is 7.45. The lowest BCUT2D eigenvalue weighted by Crippen LogP contribution is -2.41. The number of hydrogen-bond acceptors (Lipinski definition) is 8. The number of amides is 2. The van der Waals surface area contributed by atoms with Gasteiger partial charge in [-0.2, -0.15) is 0 Å². The Morgan fingerprint density at radius 3 is 2.79 bits per heavy atom. The lowest BCUT2D eigenvalue weighted by atomic mass is 9.91. The Bertz CT molecular complexity index is 1430. The zero-order chi connectivity index (χ0) is 34.1. The van der Waals surface area contributed by atoms with Crippen molar-refractivity contribution in [2.75, 3.05) is 51.0 Å². The molecule has 1 fully saturated rings. The Morgan fingerprint density at radius 2 is 2.02 bits per heavy atom. The van der Waals surface area contributed by atoms with E-state index in [1.807, 2.05) is 30.4 Å². The van der Waals surface area contributed by atoms with E-state index in [0.717, 1.165) is 66.5 Å². The second-order valence-electron chi connectivity index (χ2n) is 13.3. The highest BCUT2D eigenvalue weighted by molar-refractivity contribution is 7.98. The second kappa shape index (κ2) is 17.3. The number of hydrogen-bond donors (Lipinski definition) is 2. The van der Waals surface area contributed by atoms with E-state index in [0.29, 0.717) is 19.8 Å². The van der Waals surface area contributed by atoms with Gasteiger partial charge in [-0.25, -0.2) is 0 Å². The molecule has 4 atom stereocenters. The average molecular weight is 700 g/mol. The Kier molecular flexibility index (Phi) is 13.1. The fraction of sp³-hybridized carbons (Fsp3) is 0.568. The lowest BCUT2D eigenvalue weighted by molar-refractivity contribution is -0.139. The summed E-state index contributed by atoms with van der Waals surface area (Å²) in [6.45, 7) is 11.3. The molecule has 2 aromatic rings. The molecule has 2 bridgehead atoms. The summed E-state index contributed by atoms with van der Waals surface area (Å²) in [6, 6.07) is 12.3. The molecule has 1 saturated heterocycles. The van der Waals surface area contributed by atoms with Crippen LogP contribution in [0.1, 0.15) is 70.4 Å². The smallest absolute Gasteiger partial charge is 0.261 e. The molecule has 4 unspecified atom stereocenters. The van der Waals surface area contributed by atoms with E-state index in [9.17, 15) is 9.59 Å². The Balaban J connectivity index is 1.43. The highest BCUT2D eigenvalue weighted by Crippen LogP contribution is 2.39. The van der Waals surface area contributed by atoms with Gasteiger partial charge < -0.3 is 29.2 Å². The minimum absolute atomic E-state index is 0.0252. The highest BCUT2D eigenvalue weighted by atomic mass is 35.5. The van der Waals surface area contributed by atoms with Crippen LogP contribution in [0.5, 0.6) is 5.75 Å². The van der Waals surface area contributed by atoms with E-state index >= 15 is 0 Å². The summed E-state index contributed by atoms with van der Waals surface area (Å²) in [5.41, 5.74) is 2.46. The third kappa shape index (κ3) is 9.69. The van der Waals surface area contributed by atoms with Crippen molar-refractivity contribution in [3.8, 4) is 5.75 Å². The number of anilines is 1. The van der Waals surface area contributed by atoms with Crippen molar-refractivity contribution in [1.29, 1.82) is 0 Å². The Labute approximate surface area is 294 Å². The van der Waals surface area contributed by atoms with Gasteiger partial charge in [-0.1, -0.05) is 56.5 Å². The first-order valence-corrected chi connectivity index (χ1v) is 18.4. The van der Waals surface area contributed by atoms with E-state index in [1.54, 1.807) is 13.8 Å². The van der Waals surface area contributed by atoms with Gasteiger partial charge in [0.25, 0.3) is 5.91 Å². The molecule has 262 valence electrons. The largest absolute Gasteiger partial charge is 0.491 e. The van der Waals surface area contributed by atoms with Crippen LogP contribution >= 0.6 is 23.5 Å². The van der Waals surface area contributed by atoms with Crippen LogP contribution in [0.25, 0.3) is 0 Å². The van der Waals surface area contributed by atoms with Gasteiger partial charge in [0.1, 0.15) is 18.0 Å². The summed E-state index contributed by atoms with van der Waals surface area (Å²) in [7, 11) is 0. The zero-order valence-electron chi connectivity index (χ0n) is 28.6. The van der Waals surface area contributed by atoms with Crippen molar-refractivity contribution >= 4 is 41.1 Å². The molecule has 0 saturated carbocycles. The topological polar surface area (TPSA) is 98.4 Å². The van der Waals surface area contributed by atoms with Gasteiger partial charge in [0.05, 0.1) is 37.7 Å². The Hall–Kier alpha value is -2.76. The number of ether oxygens (including phenoxy) is 4. The van der Waals surface area contributed by atoms with Gasteiger partial charge >= 0.3 is 0 Å². The fourth-order valence-electron chi connectivity index (χ4n) is 6.50. The number of benzene rings is 2. The van der Waals surface area contributed by atoms with Gasteiger partial charge in [0.2, 0.25) is 5.91 Å². The lowest BCUT2D eigenvalue weighted by Gasteiger charge is -2.31. The summed E-state index contributed by atoms with van der Waals surface area (Å²) in [5.74, 6) is 0.701. The molecule has 2 N–H and O–H groups in total. The minimum Gasteiger partial charge on any atom is -0.491 e. The quantitative estimate of drug-likeness (QED) is 0.239. The summed E-state index contributed by atoms with van der Waals surface area (Å²) in [6.07, 6.45) is 8.04. The maximum absolute atomic E-state index is 13.2. The SMILES string of the molecule is CCCc1cc(Cl)ccc1C1COc2ccc3cc2N(CCC(CC)C(OCC(=O)NC2CCOC2)/C=C/COC(C)(C)C(=O)NS3)C1. The first-order valence-electron chi connectivity index (χ1n) is 17.2. The number of nitrogens with one attached hydrogen (secondary N) is 2.